The van der Waals surface area contributed by atoms with Crippen molar-refractivity contribution in [1.82, 2.24) is 15.5 Å². The minimum atomic E-state index is 0. The highest BCUT2D eigenvalue weighted by atomic mass is 35.5. The number of nitrogens with one attached hydrogen (secondary N) is 2. The fourth-order valence-electron chi connectivity index (χ4n) is 2.84. The van der Waals surface area contributed by atoms with Crippen LogP contribution in [-0.2, 0) is 4.79 Å². The molecular formula is C17H29Cl2N3O. The maximum Gasteiger partial charge on any atom is 0.221 e. The van der Waals surface area contributed by atoms with Crippen LogP contribution < -0.4 is 10.6 Å². The van der Waals surface area contributed by atoms with E-state index in [0.29, 0.717) is 19.0 Å². The molecule has 0 aromatic heterocycles. The molecule has 1 saturated heterocycles. The average Bonchev–Trinajstić information content (AvgIpc) is 3.01. The molecule has 0 aliphatic carbocycles. The summed E-state index contributed by atoms with van der Waals surface area (Å²) in [6.45, 7) is 5.79. The monoisotopic (exact) mass is 361 g/mol. The standard InChI is InChI=1S/C17H27N3O.2ClH/c1-14-5-7-15(8-6-14)16(20-11-3-4-12-20)13-19-17(21)9-10-18-2;;/h5-8,16,18H,3-4,9-13H2,1-2H3,(H,19,21);2*1H. The Bertz CT molecular complexity index is 448. The third-order valence-corrected chi connectivity index (χ3v) is 4.14. The van der Waals surface area contributed by atoms with Crippen LogP contribution in [0.25, 0.3) is 0 Å². The van der Waals surface area contributed by atoms with Crippen molar-refractivity contribution < 1.29 is 4.79 Å². The number of amides is 1. The predicted molar refractivity (Wildman–Crippen MR) is 101 cm³/mol. The number of hydrogen-bond acceptors (Lipinski definition) is 3. The van der Waals surface area contributed by atoms with Crippen LogP contribution in [-0.4, -0.2) is 44.0 Å². The van der Waals surface area contributed by atoms with Gasteiger partial charge < -0.3 is 10.6 Å². The minimum absolute atomic E-state index is 0. The molecule has 0 bridgehead atoms. The number of aryl methyl sites for hydroxylation is 1. The molecule has 1 unspecified atom stereocenters. The second kappa shape index (κ2) is 11.7. The molecule has 0 saturated carbocycles. The first-order valence-electron chi connectivity index (χ1n) is 7.92. The molecule has 2 rings (SSSR count). The molecule has 1 aliphatic heterocycles. The van der Waals surface area contributed by atoms with Crippen molar-refractivity contribution in [3.63, 3.8) is 0 Å². The van der Waals surface area contributed by atoms with E-state index in [1.807, 2.05) is 7.05 Å². The van der Waals surface area contributed by atoms with Gasteiger partial charge in [-0.3, -0.25) is 9.69 Å². The first kappa shape index (κ1) is 22.2. The Morgan fingerprint density at radius 1 is 1.17 bits per heavy atom. The van der Waals surface area contributed by atoms with Crippen molar-refractivity contribution in [1.29, 1.82) is 0 Å². The van der Waals surface area contributed by atoms with Gasteiger partial charge in [-0.05, 0) is 45.5 Å². The lowest BCUT2D eigenvalue weighted by atomic mass is 10.0. The van der Waals surface area contributed by atoms with E-state index in [9.17, 15) is 4.79 Å². The van der Waals surface area contributed by atoms with E-state index in [4.69, 9.17) is 0 Å². The molecule has 1 aliphatic rings. The van der Waals surface area contributed by atoms with E-state index in [-0.39, 0.29) is 30.7 Å². The molecular weight excluding hydrogens is 333 g/mol. The van der Waals surface area contributed by atoms with Crippen molar-refractivity contribution >= 4 is 30.7 Å². The molecule has 1 amide bonds. The topological polar surface area (TPSA) is 44.4 Å². The van der Waals surface area contributed by atoms with Gasteiger partial charge in [0.25, 0.3) is 0 Å². The van der Waals surface area contributed by atoms with Gasteiger partial charge in [0.1, 0.15) is 0 Å². The highest BCUT2D eigenvalue weighted by Crippen LogP contribution is 2.24. The Labute approximate surface area is 152 Å². The van der Waals surface area contributed by atoms with E-state index >= 15 is 0 Å². The minimum Gasteiger partial charge on any atom is -0.354 e. The summed E-state index contributed by atoms with van der Waals surface area (Å²) in [5, 5.41) is 6.09. The van der Waals surface area contributed by atoms with Crippen LogP contribution in [0.15, 0.2) is 24.3 Å². The predicted octanol–water partition coefficient (Wildman–Crippen LogP) is 2.70. The molecule has 6 heteroatoms. The fraction of sp³-hybridized carbons (Fsp3) is 0.588. The van der Waals surface area contributed by atoms with Gasteiger partial charge in [-0.2, -0.15) is 0 Å². The summed E-state index contributed by atoms with van der Waals surface area (Å²) in [5.41, 5.74) is 2.58. The third kappa shape index (κ3) is 7.08. The molecule has 0 spiro atoms. The number of carbonyl (C=O) groups is 1. The first-order chi connectivity index (χ1) is 10.2. The number of rotatable bonds is 7. The molecule has 0 radical (unpaired) electrons. The smallest absolute Gasteiger partial charge is 0.221 e. The Morgan fingerprint density at radius 2 is 1.78 bits per heavy atom. The molecule has 1 aromatic rings. The zero-order chi connectivity index (χ0) is 15.1. The van der Waals surface area contributed by atoms with Crippen LogP contribution in [0.5, 0.6) is 0 Å². The molecule has 2 N–H and O–H groups in total. The maximum absolute atomic E-state index is 11.8. The molecule has 1 fully saturated rings. The number of hydrogen-bond donors (Lipinski definition) is 2. The van der Waals surface area contributed by atoms with Crippen LogP contribution >= 0.6 is 24.8 Å². The quantitative estimate of drug-likeness (QED) is 0.784. The lowest BCUT2D eigenvalue weighted by Gasteiger charge is -2.28. The third-order valence-electron chi connectivity index (χ3n) is 4.14. The summed E-state index contributed by atoms with van der Waals surface area (Å²) in [6, 6.07) is 8.99. The van der Waals surface area contributed by atoms with Gasteiger partial charge in [0.2, 0.25) is 5.91 Å². The van der Waals surface area contributed by atoms with E-state index in [2.05, 4.69) is 46.7 Å². The van der Waals surface area contributed by atoms with E-state index in [0.717, 1.165) is 19.6 Å². The fourth-order valence-corrected chi connectivity index (χ4v) is 2.84. The van der Waals surface area contributed by atoms with Gasteiger partial charge in [0.05, 0.1) is 6.04 Å². The Balaban J connectivity index is 0.00000242. The first-order valence-corrected chi connectivity index (χ1v) is 7.92. The van der Waals surface area contributed by atoms with Crippen LogP contribution in [0.4, 0.5) is 0 Å². The van der Waals surface area contributed by atoms with Crippen LogP contribution in [0.3, 0.4) is 0 Å². The van der Waals surface area contributed by atoms with Crippen molar-refractivity contribution in [3.8, 4) is 0 Å². The lowest BCUT2D eigenvalue weighted by Crippen LogP contribution is -2.37. The van der Waals surface area contributed by atoms with E-state index in [1.54, 1.807) is 0 Å². The second-order valence-electron chi connectivity index (χ2n) is 5.83. The summed E-state index contributed by atoms with van der Waals surface area (Å²) in [4.78, 5) is 14.3. The Kier molecular flexibility index (Phi) is 11.3. The zero-order valence-corrected chi connectivity index (χ0v) is 15.6. The highest BCUT2D eigenvalue weighted by Gasteiger charge is 2.23. The largest absolute Gasteiger partial charge is 0.354 e. The van der Waals surface area contributed by atoms with Gasteiger partial charge >= 0.3 is 0 Å². The normalized spacial score (nSPS) is 15.4. The molecule has 23 heavy (non-hydrogen) atoms. The van der Waals surface area contributed by atoms with Gasteiger partial charge in [-0.25, -0.2) is 0 Å². The number of benzene rings is 1. The molecule has 1 atom stereocenters. The maximum atomic E-state index is 11.8. The van der Waals surface area contributed by atoms with E-state index in [1.165, 1.54) is 24.0 Å². The van der Waals surface area contributed by atoms with Crippen molar-refractivity contribution in [2.24, 2.45) is 0 Å². The van der Waals surface area contributed by atoms with Crippen LogP contribution in [0, 0.1) is 6.92 Å². The summed E-state index contributed by atoms with van der Waals surface area (Å²) in [5.74, 6) is 0.126. The second-order valence-corrected chi connectivity index (χ2v) is 5.83. The average molecular weight is 362 g/mol. The van der Waals surface area contributed by atoms with Crippen molar-refractivity contribution in [3.05, 3.63) is 35.4 Å². The van der Waals surface area contributed by atoms with Gasteiger partial charge in [0, 0.05) is 19.5 Å². The number of nitrogens with zero attached hydrogens (tertiary/aromatic N) is 1. The molecule has 1 aromatic carbocycles. The lowest BCUT2D eigenvalue weighted by molar-refractivity contribution is -0.121. The number of halogens is 2. The van der Waals surface area contributed by atoms with Gasteiger partial charge in [-0.15, -0.1) is 24.8 Å². The van der Waals surface area contributed by atoms with Gasteiger partial charge in [-0.1, -0.05) is 29.8 Å². The van der Waals surface area contributed by atoms with Crippen LogP contribution in [0.1, 0.15) is 36.4 Å². The van der Waals surface area contributed by atoms with Gasteiger partial charge in [0.15, 0.2) is 0 Å². The summed E-state index contributed by atoms with van der Waals surface area (Å²) in [6.07, 6.45) is 3.06. The van der Waals surface area contributed by atoms with Crippen molar-refractivity contribution in [2.75, 3.05) is 33.2 Å². The summed E-state index contributed by atoms with van der Waals surface area (Å²) in [7, 11) is 1.87. The SMILES string of the molecule is CNCCC(=O)NCC(c1ccc(C)cc1)N1CCCC1.Cl.Cl. The summed E-state index contributed by atoms with van der Waals surface area (Å²) >= 11 is 0. The number of likely N-dealkylation sites (tertiary alicyclic amines) is 1. The van der Waals surface area contributed by atoms with E-state index < -0.39 is 0 Å². The van der Waals surface area contributed by atoms with Crippen molar-refractivity contribution in [2.45, 2.75) is 32.2 Å². The summed E-state index contributed by atoms with van der Waals surface area (Å²) < 4.78 is 0. The molecule has 132 valence electrons. The number of carbonyl (C=O) groups excluding carboxylic acids is 1. The molecule has 1 heterocycles. The molecule has 4 nitrogen and oxygen atoms in total. The highest BCUT2D eigenvalue weighted by molar-refractivity contribution is 5.85. The van der Waals surface area contributed by atoms with Crippen LogP contribution in [0.2, 0.25) is 0 Å². The Morgan fingerprint density at radius 3 is 2.35 bits per heavy atom. The zero-order valence-electron chi connectivity index (χ0n) is 14.0. The Hall–Kier alpha value is -0.810.